The molecule has 0 amide bonds. The number of aromatic nitrogens is 1. The molecule has 1 atom stereocenters. The largest absolute Gasteiger partial charge is 0.394 e. The van der Waals surface area contributed by atoms with Gasteiger partial charge in [0, 0.05) is 12.7 Å². The number of aliphatic hydroxyl groups excluding tert-OH is 1. The van der Waals surface area contributed by atoms with Crippen LogP contribution in [-0.4, -0.2) is 29.3 Å². The highest BCUT2D eigenvalue weighted by Gasteiger charge is 2.23. The first kappa shape index (κ1) is 10.9. The second-order valence-corrected chi connectivity index (χ2v) is 4.69. The lowest BCUT2D eigenvalue weighted by Crippen LogP contribution is -2.42. The summed E-state index contributed by atoms with van der Waals surface area (Å²) in [6, 6.07) is 4.13. The van der Waals surface area contributed by atoms with Crippen LogP contribution >= 0.6 is 15.9 Å². The van der Waals surface area contributed by atoms with Gasteiger partial charge in [-0.25, -0.2) is 4.98 Å². The SMILES string of the molecule is OCC1CCCCN1c1ncccc1Br. The van der Waals surface area contributed by atoms with Crippen molar-refractivity contribution in [3.8, 4) is 0 Å². The summed E-state index contributed by atoms with van der Waals surface area (Å²) < 4.78 is 1.00. The Labute approximate surface area is 98.3 Å². The highest BCUT2D eigenvalue weighted by molar-refractivity contribution is 9.10. The first-order valence-corrected chi connectivity index (χ1v) is 6.10. The van der Waals surface area contributed by atoms with Crippen molar-refractivity contribution in [2.45, 2.75) is 25.3 Å². The maximum absolute atomic E-state index is 9.33. The molecular weight excluding hydrogens is 256 g/mol. The molecule has 1 unspecified atom stereocenters. The number of anilines is 1. The first-order chi connectivity index (χ1) is 7.33. The third-order valence-corrected chi connectivity index (χ3v) is 3.47. The standard InChI is InChI=1S/C11H15BrN2O/c12-10-5-3-6-13-11(10)14-7-2-1-4-9(14)8-15/h3,5-6,9,15H,1-2,4,7-8H2. The lowest BCUT2D eigenvalue weighted by Gasteiger charge is -2.36. The maximum Gasteiger partial charge on any atom is 0.143 e. The van der Waals surface area contributed by atoms with Gasteiger partial charge >= 0.3 is 0 Å². The van der Waals surface area contributed by atoms with Crippen LogP contribution in [0.3, 0.4) is 0 Å². The van der Waals surface area contributed by atoms with Crippen LogP contribution in [0.1, 0.15) is 19.3 Å². The molecule has 0 aliphatic carbocycles. The van der Waals surface area contributed by atoms with Crippen LogP contribution in [0.5, 0.6) is 0 Å². The molecule has 3 nitrogen and oxygen atoms in total. The van der Waals surface area contributed by atoms with Gasteiger partial charge in [0.05, 0.1) is 17.1 Å². The van der Waals surface area contributed by atoms with Gasteiger partial charge in [-0.2, -0.15) is 0 Å². The molecule has 1 N–H and O–H groups in total. The molecular formula is C11H15BrN2O. The van der Waals surface area contributed by atoms with Gasteiger partial charge in [0.2, 0.25) is 0 Å². The quantitative estimate of drug-likeness (QED) is 0.895. The highest BCUT2D eigenvalue weighted by Crippen LogP contribution is 2.28. The summed E-state index contributed by atoms with van der Waals surface area (Å²) in [7, 11) is 0. The van der Waals surface area contributed by atoms with Crippen molar-refractivity contribution in [1.82, 2.24) is 4.98 Å². The Morgan fingerprint density at radius 3 is 3.13 bits per heavy atom. The number of pyridine rings is 1. The van der Waals surface area contributed by atoms with Crippen molar-refractivity contribution in [3.63, 3.8) is 0 Å². The molecule has 15 heavy (non-hydrogen) atoms. The monoisotopic (exact) mass is 270 g/mol. The molecule has 1 aliphatic heterocycles. The van der Waals surface area contributed by atoms with Gasteiger partial charge in [-0.05, 0) is 47.3 Å². The summed E-state index contributed by atoms with van der Waals surface area (Å²) in [5.74, 6) is 0.955. The fourth-order valence-electron chi connectivity index (χ4n) is 2.06. The van der Waals surface area contributed by atoms with Gasteiger partial charge in [-0.1, -0.05) is 0 Å². The Morgan fingerprint density at radius 1 is 1.53 bits per heavy atom. The smallest absolute Gasteiger partial charge is 0.143 e. The Kier molecular flexibility index (Phi) is 3.59. The van der Waals surface area contributed by atoms with Crippen LogP contribution in [0.2, 0.25) is 0 Å². The molecule has 82 valence electrons. The van der Waals surface area contributed by atoms with Crippen molar-refractivity contribution >= 4 is 21.7 Å². The minimum Gasteiger partial charge on any atom is -0.394 e. The summed E-state index contributed by atoms with van der Waals surface area (Å²) in [5, 5.41) is 9.33. The predicted octanol–water partition coefficient (Wildman–Crippen LogP) is 2.20. The molecule has 1 fully saturated rings. The summed E-state index contributed by atoms with van der Waals surface area (Å²) in [5.41, 5.74) is 0. The van der Waals surface area contributed by atoms with E-state index in [4.69, 9.17) is 0 Å². The number of halogens is 1. The zero-order chi connectivity index (χ0) is 10.7. The summed E-state index contributed by atoms with van der Waals surface area (Å²) in [6.45, 7) is 1.20. The van der Waals surface area contributed by atoms with Gasteiger partial charge in [0.15, 0.2) is 0 Å². The van der Waals surface area contributed by atoms with Gasteiger partial charge in [0.25, 0.3) is 0 Å². The van der Waals surface area contributed by atoms with E-state index in [1.165, 1.54) is 12.8 Å². The van der Waals surface area contributed by atoms with Gasteiger partial charge < -0.3 is 10.0 Å². The molecule has 1 aromatic rings. The van der Waals surface area contributed by atoms with Crippen molar-refractivity contribution in [2.75, 3.05) is 18.1 Å². The second kappa shape index (κ2) is 4.94. The predicted molar refractivity (Wildman–Crippen MR) is 64.0 cm³/mol. The minimum atomic E-state index is 0.211. The lowest BCUT2D eigenvalue weighted by molar-refractivity contribution is 0.239. The van der Waals surface area contributed by atoms with Crippen molar-refractivity contribution in [2.24, 2.45) is 0 Å². The average molecular weight is 271 g/mol. The fourth-order valence-corrected chi connectivity index (χ4v) is 2.54. The van der Waals surface area contributed by atoms with E-state index < -0.39 is 0 Å². The summed E-state index contributed by atoms with van der Waals surface area (Å²) in [6.07, 6.45) is 5.23. The van der Waals surface area contributed by atoms with Crippen LogP contribution in [0.4, 0.5) is 5.82 Å². The molecule has 1 aromatic heterocycles. The summed E-state index contributed by atoms with van der Waals surface area (Å²) >= 11 is 3.50. The summed E-state index contributed by atoms with van der Waals surface area (Å²) in [4.78, 5) is 6.57. The van der Waals surface area contributed by atoms with E-state index in [0.717, 1.165) is 23.3 Å². The number of piperidine rings is 1. The van der Waals surface area contributed by atoms with Gasteiger partial charge in [0.1, 0.15) is 5.82 Å². The number of hydrogen-bond acceptors (Lipinski definition) is 3. The Bertz CT molecular complexity index is 332. The molecule has 0 spiro atoms. The lowest BCUT2D eigenvalue weighted by atomic mass is 10.0. The zero-order valence-corrected chi connectivity index (χ0v) is 10.2. The molecule has 2 heterocycles. The topological polar surface area (TPSA) is 36.4 Å². The van der Waals surface area contributed by atoms with Crippen LogP contribution < -0.4 is 4.90 Å². The average Bonchev–Trinajstić information content (AvgIpc) is 2.30. The minimum absolute atomic E-state index is 0.211. The van der Waals surface area contributed by atoms with E-state index in [0.29, 0.717) is 0 Å². The van der Waals surface area contributed by atoms with Gasteiger partial charge in [-0.15, -0.1) is 0 Å². The van der Waals surface area contributed by atoms with Crippen molar-refractivity contribution in [3.05, 3.63) is 22.8 Å². The van der Waals surface area contributed by atoms with Crippen molar-refractivity contribution in [1.29, 1.82) is 0 Å². The van der Waals surface area contributed by atoms with Crippen LogP contribution in [0.15, 0.2) is 22.8 Å². The van der Waals surface area contributed by atoms with E-state index in [1.807, 2.05) is 12.1 Å². The van der Waals surface area contributed by atoms with E-state index in [2.05, 4.69) is 25.8 Å². The maximum atomic E-state index is 9.33. The molecule has 1 saturated heterocycles. The van der Waals surface area contributed by atoms with Crippen LogP contribution in [0.25, 0.3) is 0 Å². The Hall–Kier alpha value is -0.610. The normalized spacial score (nSPS) is 21.7. The molecule has 0 radical (unpaired) electrons. The molecule has 0 saturated carbocycles. The van der Waals surface area contributed by atoms with Gasteiger partial charge in [-0.3, -0.25) is 0 Å². The van der Waals surface area contributed by atoms with Crippen LogP contribution in [-0.2, 0) is 0 Å². The van der Waals surface area contributed by atoms with E-state index in [1.54, 1.807) is 6.20 Å². The number of aliphatic hydroxyl groups is 1. The highest BCUT2D eigenvalue weighted by atomic mass is 79.9. The van der Waals surface area contributed by atoms with Crippen LogP contribution in [0, 0.1) is 0 Å². The number of nitrogens with zero attached hydrogens (tertiary/aromatic N) is 2. The Morgan fingerprint density at radius 2 is 2.40 bits per heavy atom. The molecule has 0 aromatic carbocycles. The molecule has 2 rings (SSSR count). The van der Waals surface area contributed by atoms with Crippen molar-refractivity contribution < 1.29 is 5.11 Å². The van der Waals surface area contributed by atoms with E-state index >= 15 is 0 Å². The molecule has 1 aliphatic rings. The fraction of sp³-hybridized carbons (Fsp3) is 0.545. The second-order valence-electron chi connectivity index (χ2n) is 3.83. The first-order valence-electron chi connectivity index (χ1n) is 5.31. The molecule has 0 bridgehead atoms. The van der Waals surface area contributed by atoms with E-state index in [-0.39, 0.29) is 12.6 Å². The third-order valence-electron chi connectivity index (χ3n) is 2.85. The Balaban J connectivity index is 2.24. The van der Waals surface area contributed by atoms with E-state index in [9.17, 15) is 5.11 Å². The third kappa shape index (κ3) is 2.32. The molecule has 4 heteroatoms. The number of rotatable bonds is 2. The zero-order valence-electron chi connectivity index (χ0n) is 8.56. The number of hydrogen-bond donors (Lipinski definition) is 1.